The molecular formula is C13H21N5O2S. The Morgan fingerprint density at radius 2 is 2.19 bits per heavy atom. The Hall–Kier alpha value is -1.22. The number of nitrogens with one attached hydrogen (secondary N) is 1. The van der Waals surface area contributed by atoms with Gasteiger partial charge in [0, 0.05) is 31.4 Å². The molecular weight excluding hydrogens is 290 g/mol. The van der Waals surface area contributed by atoms with Crippen molar-refractivity contribution < 1.29 is 8.42 Å². The Morgan fingerprint density at radius 1 is 1.38 bits per heavy atom. The Labute approximate surface area is 125 Å². The quantitative estimate of drug-likeness (QED) is 0.613. The van der Waals surface area contributed by atoms with E-state index in [2.05, 4.69) is 15.3 Å². The third-order valence-electron chi connectivity index (χ3n) is 4.37. The van der Waals surface area contributed by atoms with E-state index in [0.717, 1.165) is 25.9 Å². The Balaban J connectivity index is 1.86. The number of nitrogen functional groups attached to an aromatic ring is 1. The lowest BCUT2D eigenvalue weighted by molar-refractivity contribution is 0.117. The summed E-state index contributed by atoms with van der Waals surface area (Å²) in [6.07, 6.45) is 3.59. The highest BCUT2D eigenvalue weighted by Gasteiger charge is 2.40. The molecule has 3 N–H and O–H groups in total. The number of nitrogens with zero attached hydrogens (tertiary/aromatic N) is 3. The van der Waals surface area contributed by atoms with Crippen molar-refractivity contribution in [3.05, 3.63) is 18.3 Å². The molecule has 0 bridgehead atoms. The summed E-state index contributed by atoms with van der Waals surface area (Å²) in [5.74, 6) is 5.70. The number of rotatable bonds is 3. The summed E-state index contributed by atoms with van der Waals surface area (Å²) in [6.45, 7) is 4.43. The monoisotopic (exact) mass is 311 g/mol. The van der Waals surface area contributed by atoms with Crippen LogP contribution in [-0.4, -0.2) is 54.3 Å². The second-order valence-electron chi connectivity index (χ2n) is 5.74. The average molecular weight is 311 g/mol. The summed E-state index contributed by atoms with van der Waals surface area (Å²) in [7, 11) is -3.50. The van der Waals surface area contributed by atoms with E-state index in [1.165, 1.54) is 6.20 Å². The predicted octanol–water partition coefficient (Wildman–Crippen LogP) is 0.224. The van der Waals surface area contributed by atoms with Crippen LogP contribution in [0.4, 0.5) is 5.82 Å². The molecule has 3 rings (SSSR count). The molecule has 2 saturated heterocycles. The molecule has 0 aliphatic carbocycles. The first-order valence-electron chi connectivity index (χ1n) is 7.21. The van der Waals surface area contributed by atoms with E-state index in [-0.39, 0.29) is 10.9 Å². The van der Waals surface area contributed by atoms with Crippen molar-refractivity contribution in [2.45, 2.75) is 36.7 Å². The number of piperazine rings is 1. The maximum Gasteiger partial charge on any atom is 0.244 e. The summed E-state index contributed by atoms with van der Waals surface area (Å²) in [6, 6.07) is 3.46. The summed E-state index contributed by atoms with van der Waals surface area (Å²) >= 11 is 0. The van der Waals surface area contributed by atoms with Gasteiger partial charge in [0.2, 0.25) is 10.0 Å². The molecule has 8 heteroatoms. The topological polar surface area (TPSA) is 91.6 Å². The zero-order valence-corrected chi connectivity index (χ0v) is 12.9. The van der Waals surface area contributed by atoms with Crippen LogP contribution in [0.5, 0.6) is 0 Å². The smallest absolute Gasteiger partial charge is 0.244 e. The molecule has 0 amide bonds. The summed E-state index contributed by atoms with van der Waals surface area (Å²) in [5, 5.41) is 0. The standard InChI is InChI=1S/C13H21N5O2S/c1-10-8-17-6-2-3-11(17)9-18(10)21(19,20)12-4-5-13(16-14)15-7-12/h4-5,7,10-11H,2-3,6,8-9,14H2,1H3,(H,15,16). The van der Waals surface area contributed by atoms with Crippen LogP contribution >= 0.6 is 0 Å². The number of hydrogen-bond donors (Lipinski definition) is 2. The third kappa shape index (κ3) is 2.64. The van der Waals surface area contributed by atoms with Gasteiger partial charge >= 0.3 is 0 Å². The van der Waals surface area contributed by atoms with E-state index >= 15 is 0 Å². The van der Waals surface area contributed by atoms with E-state index < -0.39 is 10.0 Å². The lowest BCUT2D eigenvalue weighted by atomic mass is 10.1. The SMILES string of the molecule is CC1CN2CCCC2CN1S(=O)(=O)c1ccc(NN)nc1. The van der Waals surface area contributed by atoms with Crippen LogP contribution in [0, 0.1) is 0 Å². The second-order valence-corrected chi connectivity index (χ2v) is 7.63. The molecule has 2 atom stereocenters. The number of fused-ring (bicyclic) bond motifs is 1. The molecule has 0 spiro atoms. The van der Waals surface area contributed by atoms with Gasteiger partial charge in [-0.2, -0.15) is 4.31 Å². The second kappa shape index (κ2) is 5.53. The Kier molecular flexibility index (Phi) is 3.87. The fraction of sp³-hybridized carbons (Fsp3) is 0.615. The van der Waals surface area contributed by atoms with Gasteiger partial charge in [0.25, 0.3) is 0 Å². The Bertz CT molecular complexity index is 603. The normalized spacial score (nSPS) is 27.5. The molecule has 0 saturated carbocycles. The van der Waals surface area contributed by atoms with Crippen molar-refractivity contribution in [1.82, 2.24) is 14.2 Å². The Morgan fingerprint density at radius 3 is 2.86 bits per heavy atom. The molecule has 0 aromatic carbocycles. The van der Waals surface area contributed by atoms with Crippen LogP contribution in [0.15, 0.2) is 23.2 Å². The number of nitrogens with two attached hydrogens (primary N) is 1. The molecule has 2 unspecified atom stereocenters. The molecule has 21 heavy (non-hydrogen) atoms. The lowest BCUT2D eigenvalue weighted by Crippen LogP contribution is -2.56. The largest absolute Gasteiger partial charge is 0.308 e. The van der Waals surface area contributed by atoms with E-state index in [0.29, 0.717) is 18.4 Å². The van der Waals surface area contributed by atoms with Crippen LogP contribution in [0.1, 0.15) is 19.8 Å². The van der Waals surface area contributed by atoms with Crippen molar-refractivity contribution in [1.29, 1.82) is 0 Å². The minimum atomic E-state index is -3.50. The van der Waals surface area contributed by atoms with Crippen LogP contribution in [0.2, 0.25) is 0 Å². The number of anilines is 1. The number of hydrogen-bond acceptors (Lipinski definition) is 6. The van der Waals surface area contributed by atoms with E-state index in [9.17, 15) is 8.42 Å². The number of pyridine rings is 1. The lowest BCUT2D eigenvalue weighted by Gasteiger charge is -2.41. The van der Waals surface area contributed by atoms with Crippen molar-refractivity contribution in [2.24, 2.45) is 5.84 Å². The fourth-order valence-corrected chi connectivity index (χ4v) is 4.85. The maximum absolute atomic E-state index is 12.8. The molecule has 0 radical (unpaired) electrons. The summed E-state index contributed by atoms with van der Waals surface area (Å²) < 4.78 is 27.2. The van der Waals surface area contributed by atoms with Gasteiger partial charge in [0.15, 0.2) is 0 Å². The van der Waals surface area contributed by atoms with Crippen LogP contribution in [-0.2, 0) is 10.0 Å². The highest BCUT2D eigenvalue weighted by Crippen LogP contribution is 2.28. The van der Waals surface area contributed by atoms with Crippen LogP contribution < -0.4 is 11.3 Å². The maximum atomic E-state index is 12.8. The average Bonchev–Trinajstić information content (AvgIpc) is 2.93. The fourth-order valence-electron chi connectivity index (χ4n) is 3.25. The molecule has 2 fully saturated rings. The minimum Gasteiger partial charge on any atom is -0.308 e. The van der Waals surface area contributed by atoms with Crippen molar-refractivity contribution in [3.63, 3.8) is 0 Å². The van der Waals surface area contributed by atoms with E-state index in [4.69, 9.17) is 5.84 Å². The van der Waals surface area contributed by atoms with E-state index in [1.807, 2.05) is 6.92 Å². The number of aromatic nitrogens is 1. The molecule has 3 heterocycles. The zero-order chi connectivity index (χ0) is 15.0. The number of hydrazine groups is 1. The minimum absolute atomic E-state index is 0.0170. The van der Waals surface area contributed by atoms with Gasteiger partial charge in [-0.25, -0.2) is 19.2 Å². The predicted molar refractivity (Wildman–Crippen MR) is 80.0 cm³/mol. The van der Waals surface area contributed by atoms with Gasteiger partial charge in [-0.3, -0.25) is 4.90 Å². The van der Waals surface area contributed by atoms with Gasteiger partial charge in [-0.15, -0.1) is 0 Å². The van der Waals surface area contributed by atoms with Crippen molar-refractivity contribution in [3.8, 4) is 0 Å². The first-order chi connectivity index (χ1) is 10.0. The van der Waals surface area contributed by atoms with Crippen LogP contribution in [0.3, 0.4) is 0 Å². The van der Waals surface area contributed by atoms with Gasteiger partial charge < -0.3 is 5.43 Å². The first kappa shape index (κ1) is 14.7. The van der Waals surface area contributed by atoms with Gasteiger partial charge in [0.1, 0.15) is 10.7 Å². The van der Waals surface area contributed by atoms with Crippen molar-refractivity contribution >= 4 is 15.8 Å². The molecule has 7 nitrogen and oxygen atoms in total. The van der Waals surface area contributed by atoms with Gasteiger partial charge in [-0.05, 0) is 38.4 Å². The van der Waals surface area contributed by atoms with Gasteiger partial charge in [0.05, 0.1) is 0 Å². The van der Waals surface area contributed by atoms with E-state index in [1.54, 1.807) is 16.4 Å². The zero-order valence-electron chi connectivity index (χ0n) is 12.1. The van der Waals surface area contributed by atoms with Crippen molar-refractivity contribution in [2.75, 3.05) is 25.1 Å². The highest BCUT2D eigenvalue weighted by atomic mass is 32.2. The van der Waals surface area contributed by atoms with Gasteiger partial charge in [-0.1, -0.05) is 0 Å². The summed E-state index contributed by atoms with van der Waals surface area (Å²) in [5.41, 5.74) is 2.40. The number of sulfonamides is 1. The molecule has 1 aromatic heterocycles. The molecule has 1 aromatic rings. The summed E-state index contributed by atoms with van der Waals surface area (Å²) in [4.78, 5) is 6.62. The van der Waals surface area contributed by atoms with Crippen LogP contribution in [0.25, 0.3) is 0 Å². The first-order valence-corrected chi connectivity index (χ1v) is 8.65. The highest BCUT2D eigenvalue weighted by molar-refractivity contribution is 7.89. The molecule has 2 aliphatic rings. The molecule has 116 valence electrons. The molecule has 2 aliphatic heterocycles. The third-order valence-corrected chi connectivity index (χ3v) is 6.33.